The molecule has 3 rings (SSSR count). The van der Waals surface area contributed by atoms with E-state index in [4.69, 9.17) is 25.4 Å². The second-order valence-corrected chi connectivity index (χ2v) is 8.25. The Labute approximate surface area is 180 Å². The van der Waals surface area contributed by atoms with Gasteiger partial charge in [-0.2, -0.15) is 0 Å². The minimum atomic E-state index is -4.60. The van der Waals surface area contributed by atoms with Crippen molar-refractivity contribution in [3.63, 3.8) is 0 Å². The molecule has 0 spiro atoms. The number of nitrogens with zero attached hydrogens (tertiary/aromatic N) is 1. The number of nitrogens with one attached hydrogen (secondary N) is 1. The number of benzene rings is 1. The molecule has 0 bridgehead atoms. The normalized spacial score (nSPS) is 24.8. The molecule has 1 aliphatic rings. The molecule has 5 atom stereocenters. The van der Waals surface area contributed by atoms with E-state index in [0.717, 1.165) is 10.8 Å². The second-order valence-electron chi connectivity index (χ2n) is 6.44. The summed E-state index contributed by atoms with van der Waals surface area (Å²) in [7, 11) is -4.60. The second kappa shape index (κ2) is 9.38. The highest BCUT2D eigenvalue weighted by atomic mass is 35.5. The summed E-state index contributed by atoms with van der Waals surface area (Å²) in [6.07, 6.45) is -4.77. The van der Waals surface area contributed by atoms with Crippen LogP contribution in [0.3, 0.4) is 0 Å². The first kappa shape index (κ1) is 23.2. The van der Waals surface area contributed by atoms with E-state index < -0.39 is 50.2 Å². The first-order valence-corrected chi connectivity index (χ1v) is 10.7. The lowest BCUT2D eigenvalue weighted by molar-refractivity contribution is -0.0540. The van der Waals surface area contributed by atoms with Crippen molar-refractivity contribution in [1.82, 2.24) is 9.55 Å². The number of hydrogen-bond acceptors (Lipinski definition) is 8. The molecule has 0 saturated carbocycles. The van der Waals surface area contributed by atoms with E-state index in [9.17, 15) is 29.3 Å². The van der Waals surface area contributed by atoms with Crippen LogP contribution in [0, 0.1) is 11.8 Å². The molecule has 166 valence electrons. The van der Waals surface area contributed by atoms with Gasteiger partial charge in [-0.15, -0.1) is 5.92 Å². The van der Waals surface area contributed by atoms with Gasteiger partial charge in [-0.05, 0) is 31.2 Å². The van der Waals surface area contributed by atoms with Gasteiger partial charge < -0.3 is 19.5 Å². The minimum absolute atomic E-state index is 0.0189. The predicted octanol–water partition coefficient (Wildman–Crippen LogP) is 0.377. The largest absolute Gasteiger partial charge is 0.527 e. The summed E-state index contributed by atoms with van der Waals surface area (Å²) in [5, 5.41) is 20.9. The first-order chi connectivity index (χ1) is 14.6. The maximum atomic E-state index is 12.1. The lowest BCUT2D eigenvalue weighted by Gasteiger charge is -2.18. The molecule has 2 aromatic rings. The fourth-order valence-corrected chi connectivity index (χ4v) is 3.72. The van der Waals surface area contributed by atoms with Gasteiger partial charge in [-0.25, -0.2) is 9.36 Å². The summed E-state index contributed by atoms with van der Waals surface area (Å²) in [5.74, 6) is 5.03. The van der Waals surface area contributed by atoms with Gasteiger partial charge in [0.25, 0.3) is 5.56 Å². The zero-order chi connectivity index (χ0) is 22.8. The molecule has 0 radical (unpaired) electrons. The first-order valence-electron chi connectivity index (χ1n) is 8.83. The van der Waals surface area contributed by atoms with E-state index >= 15 is 0 Å². The van der Waals surface area contributed by atoms with Crippen LogP contribution in [0.4, 0.5) is 0 Å². The van der Waals surface area contributed by atoms with Crippen molar-refractivity contribution in [2.75, 3.05) is 6.61 Å². The Morgan fingerprint density at radius 3 is 2.58 bits per heavy atom. The molecule has 13 heteroatoms. The van der Waals surface area contributed by atoms with Gasteiger partial charge in [0.2, 0.25) is 0 Å². The van der Waals surface area contributed by atoms with Crippen LogP contribution in [0.2, 0.25) is 5.02 Å². The van der Waals surface area contributed by atoms with Gasteiger partial charge in [0.1, 0.15) is 29.6 Å². The van der Waals surface area contributed by atoms with E-state index in [1.54, 1.807) is 0 Å². The van der Waals surface area contributed by atoms with Gasteiger partial charge >= 0.3 is 13.5 Å². The van der Waals surface area contributed by atoms with Gasteiger partial charge in [0.05, 0.1) is 6.61 Å². The molecule has 31 heavy (non-hydrogen) atoms. The van der Waals surface area contributed by atoms with Crippen molar-refractivity contribution in [1.29, 1.82) is 0 Å². The topological polar surface area (TPSA) is 160 Å². The van der Waals surface area contributed by atoms with Crippen LogP contribution < -0.4 is 15.8 Å². The third-order valence-corrected chi connectivity index (χ3v) is 5.44. The lowest BCUT2D eigenvalue weighted by atomic mass is 10.1. The number of halogens is 1. The van der Waals surface area contributed by atoms with Crippen LogP contribution in [0.25, 0.3) is 0 Å². The third kappa shape index (κ3) is 5.44. The Bertz CT molecular complexity index is 1170. The Hall–Kier alpha value is -2.42. The van der Waals surface area contributed by atoms with Gasteiger partial charge in [-0.3, -0.25) is 23.8 Å². The maximum absolute atomic E-state index is 12.1. The highest BCUT2D eigenvalue weighted by molar-refractivity contribution is 7.47. The fourth-order valence-electron chi connectivity index (χ4n) is 2.82. The summed E-state index contributed by atoms with van der Waals surface area (Å²) in [6.45, 7) is 0.849. The van der Waals surface area contributed by atoms with E-state index in [-0.39, 0.29) is 11.3 Å². The lowest BCUT2D eigenvalue weighted by Crippen LogP contribution is -2.38. The summed E-state index contributed by atoms with van der Waals surface area (Å²) in [6, 6.07) is 5.60. The van der Waals surface area contributed by atoms with Crippen molar-refractivity contribution in [3.05, 3.63) is 61.9 Å². The Morgan fingerprint density at radius 2 is 1.94 bits per heavy atom. The quantitative estimate of drug-likeness (QED) is 0.344. The van der Waals surface area contributed by atoms with Crippen LogP contribution >= 0.6 is 19.4 Å². The Kier molecular flexibility index (Phi) is 7.03. The Morgan fingerprint density at radius 1 is 1.26 bits per heavy atom. The maximum Gasteiger partial charge on any atom is 0.527 e. The number of H-pyrrole nitrogens is 1. The molecule has 11 nitrogen and oxygen atoms in total. The number of phosphoric ester groups is 1. The zero-order valence-electron chi connectivity index (χ0n) is 16.0. The number of aliphatic hydroxyl groups excluding tert-OH is 2. The van der Waals surface area contributed by atoms with E-state index in [1.165, 1.54) is 31.2 Å². The monoisotopic (exact) mass is 472 g/mol. The van der Waals surface area contributed by atoms with E-state index in [2.05, 4.69) is 11.8 Å². The smallest absolute Gasteiger partial charge is 0.404 e. The van der Waals surface area contributed by atoms with Crippen molar-refractivity contribution in [2.45, 2.75) is 31.5 Å². The van der Waals surface area contributed by atoms with E-state index in [1.807, 2.05) is 4.98 Å². The SMILES string of the molecule is CC#Cc1cn([C@@H]2O[C@H](COP(=O)(O)Oc3ccc(Cl)cc3)[C@@H](O)[C@@H]2O)c(=O)[nH]c1=O. The number of aliphatic hydroxyl groups is 2. The summed E-state index contributed by atoms with van der Waals surface area (Å²) < 4.78 is 28.2. The fraction of sp³-hybridized carbons (Fsp3) is 0.333. The predicted molar refractivity (Wildman–Crippen MR) is 108 cm³/mol. The molecule has 2 heterocycles. The highest BCUT2D eigenvalue weighted by Crippen LogP contribution is 2.45. The molecule has 4 N–H and O–H groups in total. The number of phosphoric acid groups is 1. The Balaban J connectivity index is 1.72. The number of rotatable bonds is 6. The van der Waals surface area contributed by atoms with Crippen LogP contribution in [-0.2, 0) is 13.8 Å². The third-order valence-electron chi connectivity index (χ3n) is 4.28. The highest BCUT2D eigenvalue weighted by Gasteiger charge is 2.45. The summed E-state index contributed by atoms with van der Waals surface area (Å²) in [4.78, 5) is 35.8. The van der Waals surface area contributed by atoms with Crippen molar-refractivity contribution in [3.8, 4) is 17.6 Å². The molecular weight excluding hydrogens is 455 g/mol. The standard InChI is InChI=1S/C18H18ClN2O9P/c1-2-3-10-8-21(18(25)20-16(10)24)17-15(23)14(22)13(29-17)9-28-31(26,27)30-12-6-4-11(19)5-7-12/h4-8,13-15,17,22-23H,9H2,1H3,(H,26,27)(H,20,24,25)/t13-,14-,15+,17-/m1/s1. The van der Waals surface area contributed by atoms with Crippen molar-refractivity contribution < 1.29 is 33.5 Å². The molecular formula is C18H18ClN2O9P. The van der Waals surface area contributed by atoms with Crippen LogP contribution in [0.15, 0.2) is 40.1 Å². The molecule has 1 fully saturated rings. The molecule has 1 aliphatic heterocycles. The minimum Gasteiger partial charge on any atom is -0.404 e. The van der Waals surface area contributed by atoms with Crippen LogP contribution in [0.1, 0.15) is 18.7 Å². The molecule has 0 aliphatic carbocycles. The van der Waals surface area contributed by atoms with Gasteiger partial charge in [0.15, 0.2) is 6.23 Å². The van der Waals surface area contributed by atoms with E-state index in [0.29, 0.717) is 5.02 Å². The van der Waals surface area contributed by atoms with Gasteiger partial charge in [0, 0.05) is 11.2 Å². The molecule has 1 saturated heterocycles. The number of aromatic nitrogens is 2. The number of aromatic amines is 1. The number of ether oxygens (including phenoxy) is 1. The van der Waals surface area contributed by atoms with Gasteiger partial charge in [-0.1, -0.05) is 17.5 Å². The summed E-state index contributed by atoms with van der Waals surface area (Å²) in [5.41, 5.74) is -1.67. The van der Waals surface area contributed by atoms with Crippen LogP contribution in [0.5, 0.6) is 5.75 Å². The summed E-state index contributed by atoms with van der Waals surface area (Å²) >= 11 is 5.73. The molecule has 1 aromatic heterocycles. The average molecular weight is 473 g/mol. The van der Waals surface area contributed by atoms with Crippen LogP contribution in [-0.4, -0.2) is 49.6 Å². The average Bonchev–Trinajstić information content (AvgIpc) is 2.99. The molecule has 1 unspecified atom stereocenters. The number of hydrogen-bond donors (Lipinski definition) is 4. The molecule has 1 aromatic carbocycles. The molecule has 0 amide bonds. The van der Waals surface area contributed by atoms with Crippen molar-refractivity contribution >= 4 is 19.4 Å². The zero-order valence-corrected chi connectivity index (χ0v) is 17.6. The van der Waals surface area contributed by atoms with Crippen molar-refractivity contribution in [2.24, 2.45) is 0 Å².